The van der Waals surface area contributed by atoms with E-state index in [4.69, 9.17) is 11.6 Å². The second-order valence-electron chi connectivity index (χ2n) is 8.96. The van der Waals surface area contributed by atoms with Crippen molar-refractivity contribution in [3.8, 4) is 0 Å². The molecule has 0 aromatic heterocycles. The zero-order chi connectivity index (χ0) is 23.6. The fraction of sp³-hybridized carbons (Fsp3) is 0.619. The molecule has 1 atom stereocenters. The molecule has 2 amide bonds. The predicted octanol–water partition coefficient (Wildman–Crippen LogP) is 5.84. The Bertz CT molecular complexity index is 811. The van der Waals surface area contributed by atoms with Crippen LogP contribution in [0.2, 0.25) is 5.02 Å². The third-order valence-corrected chi connectivity index (χ3v) is 5.55. The highest BCUT2D eigenvalue weighted by molar-refractivity contribution is 6.31. The van der Waals surface area contributed by atoms with E-state index < -0.39 is 55.1 Å². The average molecular weight is 469 g/mol. The smallest absolute Gasteiger partial charge is 0.344 e. The molecule has 1 saturated carbocycles. The van der Waals surface area contributed by atoms with E-state index >= 15 is 0 Å². The van der Waals surface area contributed by atoms with Crippen LogP contribution in [0.5, 0.6) is 0 Å². The molecule has 0 bridgehead atoms. The molecule has 0 radical (unpaired) electrons. The maximum absolute atomic E-state index is 13.5. The van der Waals surface area contributed by atoms with Gasteiger partial charge in [-0.05, 0) is 41.9 Å². The van der Waals surface area contributed by atoms with Crippen molar-refractivity contribution in [1.82, 2.24) is 5.32 Å². The first-order valence-corrected chi connectivity index (χ1v) is 10.3. The van der Waals surface area contributed by atoms with Crippen molar-refractivity contribution in [2.75, 3.05) is 5.32 Å². The molecule has 1 unspecified atom stereocenters. The van der Waals surface area contributed by atoms with Crippen LogP contribution in [0.25, 0.3) is 0 Å². The summed E-state index contributed by atoms with van der Waals surface area (Å²) in [6, 6.07) is 3.44. The van der Waals surface area contributed by atoms with E-state index in [1.54, 1.807) is 12.1 Å². The van der Waals surface area contributed by atoms with Crippen LogP contribution < -0.4 is 10.6 Å². The van der Waals surface area contributed by atoms with Gasteiger partial charge in [-0.1, -0.05) is 38.4 Å². The lowest BCUT2D eigenvalue weighted by molar-refractivity contribution is -0.155. The molecular formula is C21H26ClF5N2O2. The lowest BCUT2D eigenvalue weighted by Gasteiger charge is -2.33. The number of benzene rings is 1. The molecule has 0 heterocycles. The van der Waals surface area contributed by atoms with E-state index in [9.17, 15) is 31.5 Å². The van der Waals surface area contributed by atoms with Crippen LogP contribution in [0.4, 0.5) is 27.6 Å². The highest BCUT2D eigenvalue weighted by atomic mass is 35.5. The molecular weight excluding hydrogens is 443 g/mol. The molecule has 10 heteroatoms. The Balaban J connectivity index is 2.19. The van der Waals surface area contributed by atoms with Crippen molar-refractivity contribution in [2.45, 2.75) is 76.4 Å². The van der Waals surface area contributed by atoms with Crippen molar-refractivity contribution < 1.29 is 31.5 Å². The second kappa shape index (κ2) is 9.30. The number of rotatable bonds is 5. The van der Waals surface area contributed by atoms with E-state index in [2.05, 4.69) is 10.6 Å². The van der Waals surface area contributed by atoms with Gasteiger partial charge in [-0.15, -0.1) is 0 Å². The van der Waals surface area contributed by atoms with E-state index in [0.29, 0.717) is 10.7 Å². The normalized spacial score (nSPS) is 18.4. The molecule has 1 aliphatic rings. The molecule has 174 valence electrons. The number of halogens is 6. The lowest BCUT2D eigenvalue weighted by Crippen LogP contribution is -2.50. The van der Waals surface area contributed by atoms with Gasteiger partial charge >= 0.3 is 6.18 Å². The Hall–Kier alpha value is -1.90. The summed E-state index contributed by atoms with van der Waals surface area (Å²) in [5.74, 6) is -5.75. The first-order valence-electron chi connectivity index (χ1n) is 9.92. The molecule has 2 rings (SSSR count). The van der Waals surface area contributed by atoms with Crippen LogP contribution in [-0.4, -0.2) is 30.0 Å². The average Bonchev–Trinajstić information content (AvgIpc) is 2.57. The van der Waals surface area contributed by atoms with Crippen molar-refractivity contribution in [3.05, 3.63) is 28.8 Å². The predicted molar refractivity (Wildman–Crippen MR) is 108 cm³/mol. The van der Waals surface area contributed by atoms with E-state index in [1.165, 1.54) is 6.07 Å². The van der Waals surface area contributed by atoms with Crippen LogP contribution in [0, 0.1) is 5.92 Å². The number of nitrogens with one attached hydrogen (secondary N) is 2. The highest BCUT2D eigenvalue weighted by Gasteiger charge is 2.41. The summed E-state index contributed by atoms with van der Waals surface area (Å²) in [5.41, 5.74) is 0.872. The first-order chi connectivity index (χ1) is 14.1. The molecule has 31 heavy (non-hydrogen) atoms. The largest absolute Gasteiger partial charge is 0.397 e. The van der Waals surface area contributed by atoms with Gasteiger partial charge in [-0.25, -0.2) is 8.78 Å². The molecule has 0 saturated heterocycles. The fourth-order valence-corrected chi connectivity index (χ4v) is 4.08. The third-order valence-electron chi connectivity index (χ3n) is 5.24. The summed E-state index contributed by atoms with van der Waals surface area (Å²) in [6.07, 6.45) is -7.69. The summed E-state index contributed by atoms with van der Waals surface area (Å²) < 4.78 is 64.7. The van der Waals surface area contributed by atoms with Gasteiger partial charge in [-0.2, -0.15) is 13.2 Å². The van der Waals surface area contributed by atoms with Crippen LogP contribution in [0.3, 0.4) is 0 Å². The Labute approximate surface area is 182 Å². The molecule has 0 spiro atoms. The topological polar surface area (TPSA) is 58.2 Å². The molecule has 4 nitrogen and oxygen atoms in total. The van der Waals surface area contributed by atoms with Crippen molar-refractivity contribution >= 4 is 29.1 Å². The summed E-state index contributed by atoms with van der Waals surface area (Å²) in [7, 11) is 0. The molecule has 1 aromatic carbocycles. The van der Waals surface area contributed by atoms with Gasteiger partial charge in [0.25, 0.3) is 0 Å². The summed E-state index contributed by atoms with van der Waals surface area (Å²) >= 11 is 6.28. The molecule has 1 fully saturated rings. The molecule has 2 N–H and O–H groups in total. The van der Waals surface area contributed by atoms with E-state index in [1.807, 2.05) is 20.8 Å². The Morgan fingerprint density at radius 3 is 2.23 bits per heavy atom. The van der Waals surface area contributed by atoms with Crippen LogP contribution in [0.1, 0.15) is 58.4 Å². The number of hydrogen-bond donors (Lipinski definition) is 2. The Morgan fingerprint density at radius 1 is 1.16 bits per heavy atom. The summed E-state index contributed by atoms with van der Waals surface area (Å²) in [5, 5.41) is 5.02. The summed E-state index contributed by atoms with van der Waals surface area (Å²) in [6.45, 7) is 5.87. The van der Waals surface area contributed by atoms with E-state index in [-0.39, 0.29) is 18.3 Å². The van der Waals surface area contributed by atoms with Crippen LogP contribution in [-0.2, 0) is 15.0 Å². The van der Waals surface area contributed by atoms with Gasteiger partial charge in [0, 0.05) is 23.6 Å². The fourth-order valence-electron chi connectivity index (χ4n) is 3.62. The minimum absolute atomic E-state index is 0.0961. The Kier molecular flexibility index (Phi) is 7.61. The molecule has 1 aromatic rings. The SMILES string of the molecule is CC(C)(C)c1ccc(NC(=O)C(NC(=O)CC(F)(F)F)C2CCC(F)(F)CC2)cc1Cl. The molecule has 1 aliphatic carbocycles. The monoisotopic (exact) mass is 468 g/mol. The van der Waals surface area contributed by atoms with Gasteiger partial charge < -0.3 is 10.6 Å². The number of carbonyl (C=O) groups is 2. The zero-order valence-electron chi connectivity index (χ0n) is 17.5. The first kappa shape index (κ1) is 25.4. The maximum atomic E-state index is 13.5. The van der Waals surface area contributed by atoms with Crippen LogP contribution in [0.15, 0.2) is 18.2 Å². The molecule has 0 aliphatic heterocycles. The zero-order valence-corrected chi connectivity index (χ0v) is 18.3. The number of carbonyl (C=O) groups excluding carboxylic acids is 2. The van der Waals surface area contributed by atoms with Crippen molar-refractivity contribution in [2.24, 2.45) is 5.92 Å². The standard InChI is InChI=1S/C21H26ClF5N2O2/c1-19(2,3)14-5-4-13(10-15(14)22)28-18(31)17(29-16(30)11-21(25,26)27)12-6-8-20(23,24)9-7-12/h4-5,10,12,17H,6-9,11H2,1-3H3,(H,28,31)(H,29,30). The third kappa shape index (κ3) is 7.63. The number of hydrogen-bond acceptors (Lipinski definition) is 2. The number of amides is 2. The van der Waals surface area contributed by atoms with Crippen LogP contribution >= 0.6 is 11.6 Å². The lowest BCUT2D eigenvalue weighted by atomic mass is 9.81. The van der Waals surface area contributed by atoms with Gasteiger partial charge in [0.15, 0.2) is 0 Å². The van der Waals surface area contributed by atoms with Crippen molar-refractivity contribution in [1.29, 1.82) is 0 Å². The van der Waals surface area contributed by atoms with Gasteiger partial charge in [0.2, 0.25) is 17.7 Å². The number of alkyl halides is 5. The quantitative estimate of drug-likeness (QED) is 0.533. The van der Waals surface area contributed by atoms with Gasteiger partial charge in [0.05, 0.1) is 0 Å². The minimum atomic E-state index is -4.75. The Morgan fingerprint density at radius 2 is 1.74 bits per heavy atom. The highest BCUT2D eigenvalue weighted by Crippen LogP contribution is 2.38. The second-order valence-corrected chi connectivity index (χ2v) is 9.37. The summed E-state index contributed by atoms with van der Waals surface area (Å²) in [4.78, 5) is 24.7. The number of anilines is 1. The van der Waals surface area contributed by atoms with Crippen molar-refractivity contribution in [3.63, 3.8) is 0 Å². The van der Waals surface area contributed by atoms with E-state index in [0.717, 1.165) is 5.56 Å². The maximum Gasteiger partial charge on any atom is 0.397 e. The minimum Gasteiger partial charge on any atom is -0.344 e. The van der Waals surface area contributed by atoms with Gasteiger partial charge in [0.1, 0.15) is 12.5 Å². The van der Waals surface area contributed by atoms with Gasteiger partial charge in [-0.3, -0.25) is 9.59 Å².